The second-order valence-corrected chi connectivity index (χ2v) is 4.31. The van der Waals surface area contributed by atoms with Crippen LogP contribution in [-0.4, -0.2) is 47.5 Å². The second-order valence-electron chi connectivity index (χ2n) is 3.59. The molecule has 3 atom stereocenters. The van der Waals surface area contributed by atoms with E-state index in [1.807, 2.05) is 7.05 Å². The van der Waals surface area contributed by atoms with Gasteiger partial charge in [-0.3, -0.25) is 0 Å². The van der Waals surface area contributed by atoms with Gasteiger partial charge in [0, 0.05) is 56.5 Å². The van der Waals surface area contributed by atoms with Crippen LogP contribution in [0.3, 0.4) is 0 Å². The van der Waals surface area contributed by atoms with Crippen molar-refractivity contribution < 1.29 is 54.3 Å². The van der Waals surface area contributed by atoms with Gasteiger partial charge in [0.05, 0.1) is 12.2 Å². The Morgan fingerprint density at radius 2 is 2.21 bits per heavy atom. The maximum Gasteiger partial charge on any atom is 0.0782 e. The van der Waals surface area contributed by atoms with Crippen molar-refractivity contribution in [1.29, 1.82) is 0 Å². The number of nitrogens with zero attached hydrogens (tertiary/aromatic N) is 1. The van der Waals surface area contributed by atoms with E-state index in [2.05, 4.69) is 27.5 Å². The normalized spacial score (nSPS) is 31.4. The summed E-state index contributed by atoms with van der Waals surface area (Å²) in [6.07, 6.45) is 1.70. The molecule has 2 N–H and O–H groups in total. The predicted molar refractivity (Wildman–Crippen MR) is 60.8 cm³/mol. The van der Waals surface area contributed by atoms with Crippen LogP contribution in [0, 0.1) is 50.0 Å². The van der Waals surface area contributed by atoms with Crippen molar-refractivity contribution in [3.8, 4) is 0 Å². The number of hydrogen-bond donors (Lipinski definition) is 2. The molecule has 0 aromatic carbocycles. The van der Waals surface area contributed by atoms with Crippen LogP contribution >= 0.6 is 22.6 Å². The van der Waals surface area contributed by atoms with Gasteiger partial charge >= 0.3 is 0 Å². The molecular formula is C9H16AcINO2. The molecule has 14 heavy (non-hydrogen) atoms. The summed E-state index contributed by atoms with van der Waals surface area (Å²) in [6, 6.07) is 0. The van der Waals surface area contributed by atoms with Gasteiger partial charge in [0.2, 0.25) is 0 Å². The van der Waals surface area contributed by atoms with Crippen molar-refractivity contribution in [3.05, 3.63) is 10.2 Å². The zero-order valence-electron chi connectivity index (χ0n) is 8.31. The van der Waals surface area contributed by atoms with Gasteiger partial charge in [0.15, 0.2) is 0 Å². The van der Waals surface area contributed by atoms with Crippen LogP contribution in [0.5, 0.6) is 0 Å². The van der Waals surface area contributed by atoms with Gasteiger partial charge < -0.3 is 15.1 Å². The zero-order valence-corrected chi connectivity index (χ0v) is 15.2. The van der Waals surface area contributed by atoms with E-state index in [9.17, 15) is 10.2 Å². The van der Waals surface area contributed by atoms with Gasteiger partial charge in [-0.1, -0.05) is 22.6 Å². The third-order valence-corrected chi connectivity index (χ3v) is 2.96. The Bertz CT molecular complexity index is 192. The van der Waals surface area contributed by atoms with Crippen LogP contribution < -0.4 is 0 Å². The summed E-state index contributed by atoms with van der Waals surface area (Å²) in [5.41, 5.74) is 0. The number of piperidine rings is 1. The summed E-state index contributed by atoms with van der Waals surface area (Å²) in [4.78, 5) is 2.08. The zero-order chi connectivity index (χ0) is 9.84. The molecule has 0 saturated carbocycles. The molecule has 1 rings (SSSR count). The molecule has 3 unspecified atom stereocenters. The Morgan fingerprint density at radius 3 is 2.71 bits per heavy atom. The van der Waals surface area contributed by atoms with Crippen molar-refractivity contribution in [1.82, 2.24) is 4.90 Å². The van der Waals surface area contributed by atoms with E-state index in [1.54, 1.807) is 10.2 Å². The van der Waals surface area contributed by atoms with E-state index in [-0.39, 0.29) is 50.0 Å². The minimum Gasteiger partial charge on any atom is -0.391 e. The third kappa shape index (κ3) is 4.75. The van der Waals surface area contributed by atoms with Crippen LogP contribution in [0.4, 0.5) is 0 Å². The number of halogens is 1. The Morgan fingerprint density at radius 1 is 1.57 bits per heavy atom. The van der Waals surface area contributed by atoms with Gasteiger partial charge in [0.25, 0.3) is 0 Å². The second kappa shape index (κ2) is 7.97. The molecule has 3 nitrogen and oxygen atoms in total. The first-order chi connectivity index (χ1) is 6.15. The molecule has 0 aromatic rings. The van der Waals surface area contributed by atoms with Gasteiger partial charge in [-0.15, -0.1) is 0 Å². The molecule has 0 bridgehead atoms. The van der Waals surface area contributed by atoms with Crippen LogP contribution in [-0.2, 0) is 0 Å². The van der Waals surface area contributed by atoms with E-state index in [0.29, 0.717) is 6.54 Å². The average Bonchev–Trinajstić information content (AvgIpc) is 2.04. The largest absolute Gasteiger partial charge is 0.391 e. The van der Waals surface area contributed by atoms with Crippen LogP contribution in [0.15, 0.2) is 10.2 Å². The summed E-state index contributed by atoms with van der Waals surface area (Å²) in [6.45, 7) is 1.62. The third-order valence-electron chi connectivity index (χ3n) is 2.55. The molecule has 1 radical (unpaired) electrons. The Labute approximate surface area is 135 Å². The first-order valence-electron chi connectivity index (χ1n) is 4.46. The fourth-order valence-corrected chi connectivity index (χ4v) is 2.15. The first-order valence-corrected chi connectivity index (χ1v) is 5.71. The molecule has 1 fully saturated rings. The molecular weight excluding hydrogens is 508 g/mol. The van der Waals surface area contributed by atoms with Crippen LogP contribution in [0.2, 0.25) is 0 Å². The quantitative estimate of drug-likeness (QED) is 0.521. The van der Waals surface area contributed by atoms with Gasteiger partial charge in [-0.05, 0) is 30.2 Å². The molecule has 0 aliphatic carbocycles. The minimum absolute atomic E-state index is 0. The molecule has 1 aliphatic heterocycles. The van der Waals surface area contributed by atoms with E-state index >= 15 is 0 Å². The maximum atomic E-state index is 9.70. The fourth-order valence-electron chi connectivity index (χ4n) is 1.72. The van der Waals surface area contributed by atoms with Crippen molar-refractivity contribution in [2.75, 3.05) is 20.1 Å². The number of likely N-dealkylation sites (tertiary alicyclic amines) is 1. The molecule has 0 aromatic heterocycles. The van der Waals surface area contributed by atoms with Crippen LogP contribution in [0.1, 0.15) is 6.42 Å². The molecule has 0 spiro atoms. The Kier molecular flexibility index (Phi) is 8.99. The summed E-state index contributed by atoms with van der Waals surface area (Å²) in [7, 11) is 1.99. The van der Waals surface area contributed by atoms with Crippen molar-refractivity contribution >= 4 is 22.6 Å². The molecule has 79 valence electrons. The van der Waals surface area contributed by atoms with Crippen molar-refractivity contribution in [2.24, 2.45) is 5.92 Å². The predicted octanol–water partition coefficient (Wildman–Crippen LogP) is 0.609. The molecule has 5 heteroatoms. The van der Waals surface area contributed by atoms with Gasteiger partial charge in [0.1, 0.15) is 0 Å². The summed E-state index contributed by atoms with van der Waals surface area (Å²) < 4.78 is 1.80. The van der Waals surface area contributed by atoms with Gasteiger partial charge in [-0.2, -0.15) is 0 Å². The molecule has 1 aliphatic rings. The summed E-state index contributed by atoms with van der Waals surface area (Å²) in [5.74, 6) is 0.00205. The number of likely N-dealkylation sites (N-methyl/N-ethyl adjacent to an activating group) is 1. The van der Waals surface area contributed by atoms with E-state index < -0.39 is 12.2 Å². The SMILES string of the molecule is CN1CCC(C(O)/C=C/I)C(O)C1.[Ac]. The average molecular weight is 524 g/mol. The van der Waals surface area contributed by atoms with E-state index in [4.69, 9.17) is 0 Å². The molecule has 1 heterocycles. The molecule has 1 saturated heterocycles. The van der Waals surface area contributed by atoms with E-state index in [1.165, 1.54) is 0 Å². The Hall–Kier alpha value is 1.79. The number of β-amino-alcohol motifs (C(OH)–C–C–N with tert-alkyl or cyclic N) is 1. The monoisotopic (exact) mass is 524 g/mol. The molecule has 0 amide bonds. The summed E-state index contributed by atoms with van der Waals surface area (Å²) >= 11 is 2.08. The number of aliphatic hydroxyl groups excluding tert-OH is 2. The van der Waals surface area contributed by atoms with Crippen LogP contribution in [0.25, 0.3) is 0 Å². The van der Waals surface area contributed by atoms with Crippen molar-refractivity contribution in [2.45, 2.75) is 18.6 Å². The number of rotatable bonds is 2. The Balaban J connectivity index is 0.00000169. The first kappa shape index (κ1) is 15.8. The van der Waals surface area contributed by atoms with Crippen molar-refractivity contribution in [3.63, 3.8) is 0 Å². The topological polar surface area (TPSA) is 43.7 Å². The van der Waals surface area contributed by atoms with Gasteiger partial charge in [-0.25, -0.2) is 0 Å². The maximum absolute atomic E-state index is 9.70. The standard InChI is InChI=1S/C9H16INO2.Ac/c1-11-5-3-7(9(13)6-11)8(12)2-4-10;/h2,4,7-9,12-13H,3,5-6H2,1H3;/b4-2+;. The fraction of sp³-hybridized carbons (Fsp3) is 0.778. The number of aliphatic hydroxyl groups is 2. The minimum atomic E-state index is -0.499. The smallest absolute Gasteiger partial charge is 0.0782 e. The summed E-state index contributed by atoms with van der Waals surface area (Å²) in [5, 5.41) is 19.4. The number of hydrogen-bond acceptors (Lipinski definition) is 3. The van der Waals surface area contributed by atoms with E-state index in [0.717, 1.165) is 13.0 Å².